The van der Waals surface area contributed by atoms with E-state index in [0.29, 0.717) is 6.61 Å². The number of nitrogens with one attached hydrogen (secondary N) is 1. The van der Waals surface area contributed by atoms with Crippen molar-refractivity contribution in [1.29, 1.82) is 0 Å². The molecule has 2 aromatic heterocycles. The number of aromatic amines is 1. The number of imidazole rings is 1. The average molecular weight is 251 g/mol. The van der Waals surface area contributed by atoms with Gasteiger partial charge in [-0.15, -0.1) is 0 Å². The van der Waals surface area contributed by atoms with Crippen LogP contribution in [0.3, 0.4) is 0 Å². The Morgan fingerprint density at radius 3 is 3.18 bits per heavy atom. The van der Waals surface area contributed by atoms with Crippen LogP contribution in [0.25, 0.3) is 11.0 Å². The van der Waals surface area contributed by atoms with Gasteiger partial charge >= 0.3 is 0 Å². The summed E-state index contributed by atoms with van der Waals surface area (Å²) in [6.07, 6.45) is 5.85. The molecular formula is C12H17N3OS. The molecule has 4 nitrogen and oxygen atoms in total. The molecule has 0 saturated heterocycles. The molecule has 17 heavy (non-hydrogen) atoms. The third-order valence-electron chi connectivity index (χ3n) is 2.68. The van der Waals surface area contributed by atoms with Crippen LogP contribution in [0.15, 0.2) is 18.5 Å². The SMILES string of the molecule is CCCCOCCn1c(=S)[nH]c2cnccc21. The Morgan fingerprint density at radius 2 is 2.35 bits per heavy atom. The fraction of sp³-hybridized carbons (Fsp3) is 0.500. The molecule has 2 rings (SSSR count). The number of aromatic nitrogens is 3. The van der Waals surface area contributed by atoms with Crippen LogP contribution in [-0.2, 0) is 11.3 Å². The summed E-state index contributed by atoms with van der Waals surface area (Å²) in [7, 11) is 0. The zero-order valence-electron chi connectivity index (χ0n) is 9.98. The minimum atomic E-state index is 0.698. The van der Waals surface area contributed by atoms with E-state index in [1.54, 1.807) is 12.4 Å². The van der Waals surface area contributed by atoms with Crippen LogP contribution in [0.2, 0.25) is 0 Å². The molecule has 0 aliphatic carbocycles. The third-order valence-corrected chi connectivity index (χ3v) is 3.00. The van der Waals surface area contributed by atoms with Gasteiger partial charge in [-0.25, -0.2) is 0 Å². The van der Waals surface area contributed by atoms with Crippen molar-refractivity contribution in [2.45, 2.75) is 26.3 Å². The van der Waals surface area contributed by atoms with Crippen LogP contribution in [0.4, 0.5) is 0 Å². The molecule has 0 aliphatic heterocycles. The highest BCUT2D eigenvalue weighted by Gasteiger charge is 2.03. The maximum atomic E-state index is 5.55. The summed E-state index contributed by atoms with van der Waals surface area (Å²) in [5.74, 6) is 0. The van der Waals surface area contributed by atoms with Crippen LogP contribution in [-0.4, -0.2) is 27.7 Å². The lowest BCUT2D eigenvalue weighted by molar-refractivity contribution is 0.124. The van der Waals surface area contributed by atoms with E-state index in [0.717, 1.165) is 41.8 Å². The van der Waals surface area contributed by atoms with Gasteiger partial charge in [0.15, 0.2) is 4.77 Å². The molecule has 0 saturated carbocycles. The number of ether oxygens (including phenoxy) is 1. The summed E-state index contributed by atoms with van der Waals surface area (Å²) in [5, 5.41) is 0. The van der Waals surface area contributed by atoms with Gasteiger partial charge in [0.25, 0.3) is 0 Å². The summed E-state index contributed by atoms with van der Waals surface area (Å²) in [6.45, 7) is 4.47. The molecular weight excluding hydrogens is 234 g/mol. The molecule has 0 amide bonds. The largest absolute Gasteiger partial charge is 0.380 e. The Morgan fingerprint density at radius 1 is 1.47 bits per heavy atom. The fourth-order valence-electron chi connectivity index (χ4n) is 1.74. The molecule has 0 unspecified atom stereocenters. The summed E-state index contributed by atoms with van der Waals surface area (Å²) in [5.41, 5.74) is 2.06. The smallest absolute Gasteiger partial charge is 0.178 e. The maximum Gasteiger partial charge on any atom is 0.178 e. The third kappa shape index (κ3) is 2.92. The van der Waals surface area contributed by atoms with E-state index in [-0.39, 0.29) is 0 Å². The molecule has 5 heteroatoms. The predicted molar refractivity (Wildman–Crippen MR) is 70.6 cm³/mol. The molecule has 0 atom stereocenters. The van der Waals surface area contributed by atoms with Gasteiger partial charge in [-0.05, 0) is 24.7 Å². The highest BCUT2D eigenvalue weighted by Crippen LogP contribution is 2.11. The molecule has 0 radical (unpaired) electrons. The molecule has 0 bridgehead atoms. The first-order valence-electron chi connectivity index (χ1n) is 5.93. The monoisotopic (exact) mass is 251 g/mol. The van der Waals surface area contributed by atoms with Crippen molar-refractivity contribution in [3.05, 3.63) is 23.2 Å². The second kappa shape index (κ2) is 5.93. The first-order chi connectivity index (χ1) is 8.33. The van der Waals surface area contributed by atoms with Gasteiger partial charge in [0.1, 0.15) is 0 Å². The number of rotatable bonds is 6. The van der Waals surface area contributed by atoms with Gasteiger partial charge < -0.3 is 14.3 Å². The van der Waals surface area contributed by atoms with E-state index < -0.39 is 0 Å². The van der Waals surface area contributed by atoms with Crippen LogP contribution >= 0.6 is 12.2 Å². The first kappa shape index (κ1) is 12.3. The molecule has 92 valence electrons. The Balaban J connectivity index is 2.03. The van der Waals surface area contributed by atoms with Crippen LogP contribution in [0, 0.1) is 4.77 Å². The second-order valence-corrected chi connectivity index (χ2v) is 4.33. The second-order valence-electron chi connectivity index (χ2n) is 3.94. The van der Waals surface area contributed by atoms with Crippen molar-refractivity contribution in [2.24, 2.45) is 0 Å². The van der Waals surface area contributed by atoms with E-state index >= 15 is 0 Å². The van der Waals surface area contributed by atoms with Gasteiger partial charge in [-0.1, -0.05) is 13.3 Å². The van der Waals surface area contributed by atoms with E-state index in [4.69, 9.17) is 17.0 Å². The fourth-order valence-corrected chi connectivity index (χ4v) is 2.04. The lowest BCUT2D eigenvalue weighted by atomic mass is 10.4. The number of H-pyrrole nitrogens is 1. The molecule has 0 fully saturated rings. The van der Waals surface area contributed by atoms with Crippen LogP contribution in [0.5, 0.6) is 0 Å². The summed E-state index contributed by atoms with van der Waals surface area (Å²) >= 11 is 5.28. The Bertz CT molecular complexity index is 532. The van der Waals surface area contributed by atoms with Crippen molar-refractivity contribution in [3.63, 3.8) is 0 Å². The van der Waals surface area contributed by atoms with Crippen LogP contribution in [0.1, 0.15) is 19.8 Å². The number of hydrogen-bond acceptors (Lipinski definition) is 3. The quantitative estimate of drug-likeness (QED) is 0.634. The standard InChI is InChI=1S/C12H17N3OS/c1-2-3-7-16-8-6-15-11-4-5-13-9-10(11)14-12(15)17/h4-5,9H,2-3,6-8H2,1H3,(H,14,17). The molecule has 0 aliphatic rings. The molecule has 1 N–H and O–H groups in total. The van der Waals surface area contributed by atoms with E-state index in [2.05, 4.69) is 21.5 Å². The van der Waals surface area contributed by atoms with E-state index in [1.165, 1.54) is 0 Å². The topological polar surface area (TPSA) is 42.8 Å². The zero-order valence-corrected chi connectivity index (χ0v) is 10.8. The molecule has 2 heterocycles. The number of fused-ring (bicyclic) bond motifs is 1. The molecule has 0 spiro atoms. The van der Waals surface area contributed by atoms with Gasteiger partial charge in [-0.2, -0.15) is 0 Å². The summed E-state index contributed by atoms with van der Waals surface area (Å²) < 4.78 is 8.34. The molecule has 2 aromatic rings. The van der Waals surface area contributed by atoms with Crippen molar-refractivity contribution in [1.82, 2.24) is 14.5 Å². The van der Waals surface area contributed by atoms with Gasteiger partial charge in [0.2, 0.25) is 0 Å². The number of nitrogens with zero attached hydrogens (tertiary/aromatic N) is 2. The predicted octanol–water partition coefficient (Wildman–Crippen LogP) is 2.91. The first-order valence-corrected chi connectivity index (χ1v) is 6.34. The van der Waals surface area contributed by atoms with Gasteiger partial charge in [0.05, 0.1) is 23.8 Å². The van der Waals surface area contributed by atoms with Crippen molar-refractivity contribution < 1.29 is 4.74 Å². The Labute approximate surface area is 106 Å². The van der Waals surface area contributed by atoms with Crippen molar-refractivity contribution in [3.8, 4) is 0 Å². The average Bonchev–Trinajstić information content (AvgIpc) is 2.65. The Kier molecular flexibility index (Phi) is 4.28. The minimum Gasteiger partial charge on any atom is -0.380 e. The van der Waals surface area contributed by atoms with E-state index in [9.17, 15) is 0 Å². The van der Waals surface area contributed by atoms with Gasteiger partial charge in [-0.3, -0.25) is 4.98 Å². The summed E-state index contributed by atoms with van der Waals surface area (Å²) in [4.78, 5) is 7.20. The molecule has 0 aromatic carbocycles. The minimum absolute atomic E-state index is 0.698. The maximum absolute atomic E-state index is 5.55. The lowest BCUT2D eigenvalue weighted by Crippen LogP contribution is -2.06. The van der Waals surface area contributed by atoms with Crippen LogP contribution < -0.4 is 0 Å². The normalized spacial score (nSPS) is 11.1. The summed E-state index contributed by atoms with van der Waals surface area (Å²) in [6, 6.07) is 1.97. The van der Waals surface area contributed by atoms with Gasteiger partial charge in [0, 0.05) is 19.3 Å². The number of hydrogen-bond donors (Lipinski definition) is 1. The van der Waals surface area contributed by atoms with Crippen molar-refractivity contribution >= 4 is 23.3 Å². The number of pyridine rings is 1. The Hall–Kier alpha value is -1.20. The lowest BCUT2D eigenvalue weighted by Gasteiger charge is -2.05. The van der Waals surface area contributed by atoms with Crippen molar-refractivity contribution in [2.75, 3.05) is 13.2 Å². The van der Waals surface area contributed by atoms with E-state index in [1.807, 2.05) is 6.07 Å². The highest BCUT2D eigenvalue weighted by atomic mass is 32.1. The highest BCUT2D eigenvalue weighted by molar-refractivity contribution is 7.71. The zero-order chi connectivity index (χ0) is 12.1. The number of unbranched alkanes of at least 4 members (excludes halogenated alkanes) is 1.